The summed E-state index contributed by atoms with van der Waals surface area (Å²) in [6.45, 7) is 9.55. The fourth-order valence-electron chi connectivity index (χ4n) is 11.4. The predicted molar refractivity (Wildman–Crippen MR) is 210 cm³/mol. The first-order valence-electron chi connectivity index (χ1n) is 19.5. The van der Waals surface area contributed by atoms with E-state index >= 15 is 0 Å². The van der Waals surface area contributed by atoms with Crippen molar-refractivity contribution in [2.45, 2.75) is 108 Å². The molecule has 0 saturated heterocycles. The molecule has 5 aliphatic rings. The van der Waals surface area contributed by atoms with E-state index in [1.165, 1.54) is 116 Å². The smallest absolute Gasteiger partial charge is 0.124 e. The van der Waals surface area contributed by atoms with E-state index in [1.807, 2.05) is 0 Å². The number of rotatable bonds is 2. The fraction of sp³-hybridized carbons (Fsp3) is 0.347. The second-order valence-electron chi connectivity index (χ2n) is 17.4. The summed E-state index contributed by atoms with van der Waals surface area (Å²) in [5.41, 5.74) is 13.6. The number of ether oxygens (including phenoxy) is 2. The minimum absolute atomic E-state index is 0.0631. The lowest BCUT2D eigenvalue weighted by molar-refractivity contribution is 0.00727. The first-order chi connectivity index (χ1) is 24.7. The lowest BCUT2D eigenvalue weighted by atomic mass is 9.63. The average Bonchev–Trinajstić information content (AvgIpc) is 3.73. The van der Waals surface area contributed by atoms with Crippen LogP contribution in [0.25, 0.3) is 54.9 Å². The normalized spacial score (nSPS) is 28.3. The van der Waals surface area contributed by atoms with E-state index in [0.717, 1.165) is 30.8 Å². The van der Waals surface area contributed by atoms with Gasteiger partial charge < -0.3 is 9.47 Å². The highest BCUT2D eigenvalue weighted by Crippen LogP contribution is 2.58. The highest BCUT2D eigenvalue weighted by atomic mass is 16.5. The number of fused-ring (bicyclic) bond motifs is 14. The number of hydrogen-bond acceptors (Lipinski definition) is 2. The molecular weight excluding hydrogens is 621 g/mol. The summed E-state index contributed by atoms with van der Waals surface area (Å²) in [4.78, 5) is 0. The first-order valence-corrected chi connectivity index (χ1v) is 19.5. The van der Waals surface area contributed by atoms with Crippen LogP contribution in [0.1, 0.15) is 101 Å². The monoisotopic (exact) mass is 666 g/mol. The van der Waals surface area contributed by atoms with Gasteiger partial charge in [-0.25, -0.2) is 0 Å². The molecule has 3 aliphatic carbocycles. The minimum Gasteiger partial charge on any atom is -0.486 e. The molecule has 2 heterocycles. The summed E-state index contributed by atoms with van der Waals surface area (Å²) in [7, 11) is 0. The molecule has 0 radical (unpaired) electrons. The SMILES string of the molecule is CC12CCCCC1(C)c1cc(-c3ccc4c(c3)Cc3c-4c4ccccc4c4cc(-c5ccc6c(c5)C5(C)CCCCC5(C)O6)ccc34)ccc1O2. The topological polar surface area (TPSA) is 18.5 Å². The van der Waals surface area contributed by atoms with E-state index < -0.39 is 0 Å². The van der Waals surface area contributed by atoms with Crippen LogP contribution in [0.4, 0.5) is 0 Å². The third kappa shape index (κ3) is 3.89. The fourth-order valence-corrected chi connectivity index (χ4v) is 11.4. The molecule has 2 fully saturated rings. The van der Waals surface area contributed by atoms with Crippen LogP contribution in [-0.2, 0) is 17.3 Å². The molecule has 2 heteroatoms. The summed E-state index contributed by atoms with van der Waals surface area (Å²) in [5, 5.41) is 5.42. The van der Waals surface area contributed by atoms with Gasteiger partial charge in [0.05, 0.1) is 0 Å². The van der Waals surface area contributed by atoms with Crippen LogP contribution >= 0.6 is 0 Å². The van der Waals surface area contributed by atoms with Crippen LogP contribution < -0.4 is 9.47 Å². The summed E-state index contributed by atoms with van der Waals surface area (Å²) < 4.78 is 13.4. The van der Waals surface area contributed by atoms with Gasteiger partial charge in [0, 0.05) is 22.0 Å². The molecule has 0 N–H and O–H groups in total. The highest BCUT2D eigenvalue weighted by Gasteiger charge is 2.56. The van der Waals surface area contributed by atoms with Crippen molar-refractivity contribution < 1.29 is 9.47 Å². The van der Waals surface area contributed by atoms with E-state index in [9.17, 15) is 0 Å². The summed E-state index contributed by atoms with van der Waals surface area (Å²) >= 11 is 0. The van der Waals surface area contributed by atoms with Crippen molar-refractivity contribution in [3.05, 3.63) is 119 Å². The van der Waals surface area contributed by atoms with Gasteiger partial charge in [-0.15, -0.1) is 0 Å². The van der Waals surface area contributed by atoms with Crippen molar-refractivity contribution >= 4 is 21.5 Å². The molecule has 0 aromatic heterocycles. The van der Waals surface area contributed by atoms with Crippen molar-refractivity contribution in [1.82, 2.24) is 0 Å². The highest BCUT2D eigenvalue weighted by molar-refractivity contribution is 6.18. The van der Waals surface area contributed by atoms with Crippen molar-refractivity contribution in [2.24, 2.45) is 0 Å². The standard InChI is InChI=1S/C49H46O2/c1-46-21-7-9-23-48(46,3)50-43-19-15-32(28-41(43)46)30-13-17-35-34(25-30)27-40-37-18-14-31(26-39(37)36-11-5-6-12-38(36)45(35)40)33-16-20-44-42(29-33)47(2)22-8-10-24-49(47,4)51-44/h5-6,11-20,25-26,28-29H,7-10,21-24,27H2,1-4H3. The minimum atomic E-state index is -0.106. The van der Waals surface area contributed by atoms with E-state index in [2.05, 4.69) is 125 Å². The largest absolute Gasteiger partial charge is 0.486 e. The Balaban J connectivity index is 1.00. The molecule has 254 valence electrons. The molecule has 2 aliphatic heterocycles. The first kappa shape index (κ1) is 30.1. The summed E-state index contributed by atoms with van der Waals surface area (Å²) in [6, 6.07) is 37.4. The zero-order valence-corrected chi connectivity index (χ0v) is 30.4. The Morgan fingerprint density at radius 1 is 0.471 bits per heavy atom. The van der Waals surface area contributed by atoms with Gasteiger partial charge in [0.15, 0.2) is 0 Å². The van der Waals surface area contributed by atoms with Crippen LogP contribution in [0.2, 0.25) is 0 Å². The van der Waals surface area contributed by atoms with Gasteiger partial charge >= 0.3 is 0 Å². The molecule has 4 unspecified atom stereocenters. The summed E-state index contributed by atoms with van der Waals surface area (Å²) in [5.74, 6) is 2.17. The van der Waals surface area contributed by atoms with E-state index in [0.29, 0.717) is 0 Å². The van der Waals surface area contributed by atoms with E-state index in [1.54, 1.807) is 0 Å². The molecule has 2 saturated carbocycles. The predicted octanol–water partition coefficient (Wildman–Crippen LogP) is 12.9. The molecule has 6 aromatic carbocycles. The number of hydrogen-bond donors (Lipinski definition) is 0. The van der Waals surface area contributed by atoms with Crippen molar-refractivity contribution in [3.63, 3.8) is 0 Å². The maximum Gasteiger partial charge on any atom is 0.124 e. The van der Waals surface area contributed by atoms with E-state index in [4.69, 9.17) is 9.47 Å². The lowest BCUT2D eigenvalue weighted by Crippen LogP contribution is -2.49. The van der Waals surface area contributed by atoms with Crippen LogP contribution in [0.15, 0.2) is 97.1 Å². The molecule has 0 bridgehead atoms. The zero-order chi connectivity index (χ0) is 34.3. The maximum atomic E-state index is 6.68. The third-order valence-corrected chi connectivity index (χ3v) is 14.9. The van der Waals surface area contributed by atoms with Crippen LogP contribution in [-0.4, -0.2) is 11.2 Å². The Kier molecular flexibility index (Phi) is 5.94. The Morgan fingerprint density at radius 2 is 1.00 bits per heavy atom. The lowest BCUT2D eigenvalue weighted by Gasteiger charge is -2.43. The van der Waals surface area contributed by atoms with E-state index in [-0.39, 0.29) is 22.0 Å². The zero-order valence-electron chi connectivity index (χ0n) is 30.4. The molecule has 2 nitrogen and oxygen atoms in total. The quantitative estimate of drug-likeness (QED) is 0.171. The Bertz CT molecular complexity index is 2490. The van der Waals surface area contributed by atoms with Gasteiger partial charge in [-0.05, 0) is 155 Å². The second kappa shape index (κ2) is 10.1. The van der Waals surface area contributed by atoms with Crippen LogP contribution in [0.3, 0.4) is 0 Å². The molecule has 0 amide bonds. The van der Waals surface area contributed by atoms with Gasteiger partial charge in [0.2, 0.25) is 0 Å². The molecule has 51 heavy (non-hydrogen) atoms. The van der Waals surface area contributed by atoms with Crippen molar-refractivity contribution in [3.8, 4) is 44.9 Å². The molecule has 4 atom stereocenters. The van der Waals surface area contributed by atoms with Gasteiger partial charge in [-0.1, -0.05) is 93.4 Å². The molecule has 11 rings (SSSR count). The second-order valence-corrected chi connectivity index (χ2v) is 17.4. The van der Waals surface area contributed by atoms with Gasteiger partial charge in [0.25, 0.3) is 0 Å². The van der Waals surface area contributed by atoms with Gasteiger partial charge in [-0.3, -0.25) is 0 Å². The Labute approximate surface area is 301 Å². The average molecular weight is 667 g/mol. The van der Waals surface area contributed by atoms with Crippen LogP contribution in [0.5, 0.6) is 11.5 Å². The van der Waals surface area contributed by atoms with Crippen molar-refractivity contribution in [1.29, 1.82) is 0 Å². The maximum absolute atomic E-state index is 6.68. The number of benzene rings is 6. The molecular formula is C49H46O2. The molecule has 0 spiro atoms. The third-order valence-electron chi connectivity index (χ3n) is 14.9. The Hall–Kier alpha value is -4.56. The summed E-state index contributed by atoms with van der Waals surface area (Å²) in [6.07, 6.45) is 10.7. The van der Waals surface area contributed by atoms with Crippen molar-refractivity contribution in [2.75, 3.05) is 0 Å². The van der Waals surface area contributed by atoms with Gasteiger partial charge in [-0.2, -0.15) is 0 Å². The van der Waals surface area contributed by atoms with Crippen LogP contribution in [0, 0.1) is 0 Å². The molecule has 6 aromatic rings. The van der Waals surface area contributed by atoms with Gasteiger partial charge in [0.1, 0.15) is 22.7 Å². The Morgan fingerprint density at radius 3 is 1.65 bits per heavy atom.